The normalized spacial score (nSPS) is 19.5. The maximum absolute atomic E-state index is 5.69. The van der Waals surface area contributed by atoms with E-state index < -0.39 is 12.5 Å². The molecule has 0 aliphatic carbocycles. The zero-order valence-corrected chi connectivity index (χ0v) is 15.5. The first-order valence-corrected chi connectivity index (χ1v) is 8.89. The van der Waals surface area contributed by atoms with Crippen molar-refractivity contribution in [2.75, 3.05) is 13.2 Å². The number of ether oxygens (including phenoxy) is 2. The molecule has 1 fully saturated rings. The SMILES string of the molecule is S=C(NCc1ccco1)N[C@H]1OCCO[C@@H]1NC(=S)NCc1ccco1. The van der Waals surface area contributed by atoms with Crippen molar-refractivity contribution < 1.29 is 18.3 Å². The molecule has 2 atom stereocenters. The van der Waals surface area contributed by atoms with Gasteiger partial charge in [-0.05, 0) is 48.7 Å². The van der Waals surface area contributed by atoms with Crippen molar-refractivity contribution in [3.8, 4) is 0 Å². The minimum Gasteiger partial charge on any atom is -0.467 e. The van der Waals surface area contributed by atoms with Crippen LogP contribution < -0.4 is 21.3 Å². The molecule has 140 valence electrons. The van der Waals surface area contributed by atoms with Crippen LogP contribution in [0.25, 0.3) is 0 Å². The molecule has 2 aromatic heterocycles. The van der Waals surface area contributed by atoms with Crippen LogP contribution >= 0.6 is 24.4 Å². The van der Waals surface area contributed by atoms with E-state index in [0.717, 1.165) is 11.5 Å². The van der Waals surface area contributed by atoms with Crippen LogP contribution in [0, 0.1) is 0 Å². The summed E-state index contributed by atoms with van der Waals surface area (Å²) in [6.07, 6.45) is 2.26. The smallest absolute Gasteiger partial charge is 0.174 e. The maximum Gasteiger partial charge on any atom is 0.174 e. The van der Waals surface area contributed by atoms with E-state index in [1.54, 1.807) is 12.5 Å². The average molecular weight is 396 g/mol. The first kappa shape index (κ1) is 18.6. The largest absolute Gasteiger partial charge is 0.467 e. The van der Waals surface area contributed by atoms with Crippen LogP contribution in [0.4, 0.5) is 0 Å². The van der Waals surface area contributed by atoms with Gasteiger partial charge in [0.2, 0.25) is 0 Å². The number of furan rings is 2. The van der Waals surface area contributed by atoms with Crippen LogP contribution in [-0.2, 0) is 22.6 Å². The highest BCUT2D eigenvalue weighted by molar-refractivity contribution is 7.80. The Morgan fingerprint density at radius 3 is 1.69 bits per heavy atom. The van der Waals surface area contributed by atoms with Gasteiger partial charge in [-0.2, -0.15) is 0 Å². The third-order valence-electron chi connectivity index (χ3n) is 3.51. The standard InChI is InChI=1S/C16H20N4O4S2/c25-15(17-9-11-3-1-5-21-11)19-13-14(24-8-7-23-13)20-16(26)18-10-12-4-2-6-22-12/h1-6,13-14H,7-10H2,(H2,17,19,25)(H2,18,20,26)/t13-,14-/m0/s1. The Hall–Kier alpha value is -2.14. The van der Waals surface area contributed by atoms with Crippen molar-refractivity contribution in [2.45, 2.75) is 25.5 Å². The number of hydrogen-bond acceptors (Lipinski definition) is 6. The van der Waals surface area contributed by atoms with Crippen LogP contribution in [0.15, 0.2) is 45.6 Å². The topological polar surface area (TPSA) is 92.9 Å². The molecule has 0 aromatic carbocycles. The highest BCUT2D eigenvalue weighted by atomic mass is 32.1. The van der Waals surface area contributed by atoms with Crippen molar-refractivity contribution in [1.29, 1.82) is 0 Å². The molecule has 0 saturated carbocycles. The summed E-state index contributed by atoms with van der Waals surface area (Å²) in [6, 6.07) is 7.37. The Morgan fingerprint density at radius 2 is 1.31 bits per heavy atom. The second-order valence-electron chi connectivity index (χ2n) is 5.40. The van der Waals surface area contributed by atoms with Gasteiger partial charge in [0.05, 0.1) is 38.8 Å². The molecule has 26 heavy (non-hydrogen) atoms. The number of nitrogens with one attached hydrogen (secondary N) is 4. The van der Waals surface area contributed by atoms with Crippen molar-refractivity contribution in [3.05, 3.63) is 48.3 Å². The van der Waals surface area contributed by atoms with Gasteiger partial charge in [0.25, 0.3) is 0 Å². The lowest BCUT2D eigenvalue weighted by Gasteiger charge is -2.34. The molecule has 1 aliphatic rings. The zero-order valence-electron chi connectivity index (χ0n) is 13.9. The Bertz CT molecular complexity index is 633. The van der Waals surface area contributed by atoms with Crippen molar-refractivity contribution in [3.63, 3.8) is 0 Å². The first-order valence-electron chi connectivity index (χ1n) is 8.07. The fourth-order valence-corrected chi connectivity index (χ4v) is 2.66. The molecule has 0 unspecified atom stereocenters. The summed E-state index contributed by atoms with van der Waals surface area (Å²) < 4.78 is 21.9. The molecule has 8 nitrogen and oxygen atoms in total. The molecule has 10 heteroatoms. The molecule has 3 heterocycles. The number of rotatable bonds is 6. The second-order valence-corrected chi connectivity index (χ2v) is 6.21. The molecule has 1 saturated heterocycles. The van der Waals surface area contributed by atoms with Gasteiger partial charge in [-0.1, -0.05) is 0 Å². The maximum atomic E-state index is 5.69. The molecule has 2 aromatic rings. The molecular formula is C16H20N4O4S2. The van der Waals surface area contributed by atoms with E-state index in [-0.39, 0.29) is 0 Å². The quantitative estimate of drug-likeness (QED) is 0.534. The van der Waals surface area contributed by atoms with Crippen molar-refractivity contribution >= 4 is 34.7 Å². The molecule has 3 rings (SSSR count). The lowest BCUT2D eigenvalue weighted by molar-refractivity contribution is -0.150. The molecule has 0 radical (unpaired) electrons. The van der Waals surface area contributed by atoms with E-state index in [9.17, 15) is 0 Å². The third kappa shape index (κ3) is 5.70. The van der Waals surface area contributed by atoms with Crippen molar-refractivity contribution in [2.24, 2.45) is 0 Å². The number of hydrogen-bond donors (Lipinski definition) is 4. The van der Waals surface area contributed by atoms with E-state index in [4.69, 9.17) is 42.7 Å². The van der Waals surface area contributed by atoms with Crippen LogP contribution in [0.1, 0.15) is 11.5 Å². The Labute approximate surface area is 161 Å². The molecule has 1 aliphatic heterocycles. The summed E-state index contributed by atoms with van der Waals surface area (Å²) in [5.74, 6) is 1.57. The van der Waals surface area contributed by atoms with Gasteiger partial charge in [-0.15, -0.1) is 0 Å². The van der Waals surface area contributed by atoms with E-state index in [1.165, 1.54) is 0 Å². The lowest BCUT2D eigenvalue weighted by Crippen LogP contribution is -2.59. The van der Waals surface area contributed by atoms with E-state index in [1.807, 2.05) is 24.3 Å². The number of thiocarbonyl (C=S) groups is 2. The molecule has 0 spiro atoms. The highest BCUT2D eigenvalue weighted by Gasteiger charge is 2.28. The van der Waals surface area contributed by atoms with Gasteiger partial charge in [-0.3, -0.25) is 0 Å². The van der Waals surface area contributed by atoms with Gasteiger partial charge in [0, 0.05) is 0 Å². The highest BCUT2D eigenvalue weighted by Crippen LogP contribution is 2.06. The van der Waals surface area contributed by atoms with E-state index in [2.05, 4.69) is 21.3 Å². The summed E-state index contributed by atoms with van der Waals surface area (Å²) in [6.45, 7) is 1.88. The minimum atomic E-state index is -0.483. The van der Waals surface area contributed by atoms with Gasteiger partial charge in [-0.25, -0.2) is 0 Å². The fraction of sp³-hybridized carbons (Fsp3) is 0.375. The minimum absolute atomic E-state index is 0.429. The predicted octanol–water partition coefficient (Wildman–Crippen LogP) is 1.20. The van der Waals surface area contributed by atoms with Crippen LogP contribution in [0.2, 0.25) is 0 Å². The van der Waals surface area contributed by atoms with Gasteiger partial charge in [0.15, 0.2) is 22.7 Å². The lowest BCUT2D eigenvalue weighted by atomic mass is 10.4. The monoisotopic (exact) mass is 396 g/mol. The second kappa shape index (κ2) is 9.53. The molecular weight excluding hydrogens is 376 g/mol. The van der Waals surface area contributed by atoms with Crippen LogP contribution in [0.3, 0.4) is 0 Å². The van der Waals surface area contributed by atoms with Gasteiger partial charge >= 0.3 is 0 Å². The third-order valence-corrected chi connectivity index (χ3v) is 4.03. The Morgan fingerprint density at radius 1 is 0.846 bits per heavy atom. The average Bonchev–Trinajstić information content (AvgIpc) is 3.34. The van der Waals surface area contributed by atoms with Crippen molar-refractivity contribution in [1.82, 2.24) is 21.3 Å². The Kier molecular flexibility index (Phi) is 6.83. The molecule has 0 bridgehead atoms. The van der Waals surface area contributed by atoms with Crippen LogP contribution in [0.5, 0.6) is 0 Å². The summed E-state index contributed by atoms with van der Waals surface area (Å²) in [5, 5.41) is 13.1. The van der Waals surface area contributed by atoms with Gasteiger partial charge in [0.1, 0.15) is 11.5 Å². The summed E-state index contributed by atoms with van der Waals surface area (Å²) in [5.41, 5.74) is 0. The van der Waals surface area contributed by atoms with E-state index >= 15 is 0 Å². The molecule has 4 N–H and O–H groups in total. The van der Waals surface area contributed by atoms with Gasteiger partial charge < -0.3 is 39.6 Å². The first-order chi connectivity index (χ1) is 12.7. The Balaban J connectivity index is 1.44. The fourth-order valence-electron chi connectivity index (χ4n) is 2.28. The summed E-state index contributed by atoms with van der Waals surface area (Å²) in [7, 11) is 0. The summed E-state index contributed by atoms with van der Waals surface area (Å²) >= 11 is 10.6. The predicted molar refractivity (Wildman–Crippen MR) is 102 cm³/mol. The molecule has 0 amide bonds. The summed E-state index contributed by atoms with van der Waals surface area (Å²) in [4.78, 5) is 0. The van der Waals surface area contributed by atoms with E-state index in [0.29, 0.717) is 36.5 Å². The van der Waals surface area contributed by atoms with Crippen LogP contribution in [-0.4, -0.2) is 35.9 Å². The zero-order chi connectivity index (χ0) is 18.2.